The van der Waals surface area contributed by atoms with Crippen molar-refractivity contribution in [1.29, 1.82) is 0 Å². The van der Waals surface area contributed by atoms with Gasteiger partial charge in [-0.1, -0.05) is 12.1 Å². The van der Waals surface area contributed by atoms with E-state index in [0.29, 0.717) is 38.5 Å². The van der Waals surface area contributed by atoms with Crippen LogP contribution in [0.25, 0.3) is 0 Å². The summed E-state index contributed by atoms with van der Waals surface area (Å²) in [5.74, 6) is 1.43. The molecule has 1 saturated heterocycles. The summed E-state index contributed by atoms with van der Waals surface area (Å²) in [6.07, 6.45) is -0.266. The Bertz CT molecular complexity index is 833. The van der Waals surface area contributed by atoms with Gasteiger partial charge in [0.1, 0.15) is 11.4 Å². The maximum atomic E-state index is 12.4. The third-order valence-corrected chi connectivity index (χ3v) is 5.07. The number of nitrogens with zero attached hydrogens (tertiary/aromatic N) is 4. The zero-order valence-electron chi connectivity index (χ0n) is 19.1. The van der Waals surface area contributed by atoms with Gasteiger partial charge in [0.15, 0.2) is 12.6 Å². The fraction of sp³-hybridized carbons (Fsp3) is 0.591. The quantitative estimate of drug-likeness (QED) is 0.761. The van der Waals surface area contributed by atoms with E-state index in [1.54, 1.807) is 19.0 Å². The van der Waals surface area contributed by atoms with Crippen LogP contribution < -0.4 is 10.1 Å². The molecule has 2 heterocycles. The van der Waals surface area contributed by atoms with Gasteiger partial charge in [-0.3, -0.25) is 9.79 Å². The van der Waals surface area contributed by atoms with E-state index >= 15 is 0 Å². The normalized spacial score (nSPS) is 18.2. The zero-order chi connectivity index (χ0) is 22.6. The number of likely N-dealkylation sites (N-methyl/N-ethyl adjacent to an activating group) is 1. The highest BCUT2D eigenvalue weighted by Gasteiger charge is 2.36. The Morgan fingerprint density at radius 3 is 2.74 bits per heavy atom. The summed E-state index contributed by atoms with van der Waals surface area (Å²) in [5.41, 5.74) is 0.541. The lowest BCUT2D eigenvalue weighted by atomic mass is 10.2. The van der Waals surface area contributed by atoms with Gasteiger partial charge in [-0.05, 0) is 38.5 Å². The number of hydrogen-bond acceptors (Lipinski definition) is 7. The smallest absolute Gasteiger partial charge is 0.410 e. The molecule has 0 bridgehead atoms. The Balaban J connectivity index is 1.49. The molecule has 0 aromatic heterocycles. The molecule has 1 unspecified atom stereocenters. The first kappa shape index (κ1) is 22.7. The monoisotopic (exact) mass is 431 g/mol. The van der Waals surface area contributed by atoms with Crippen LogP contribution in [0.3, 0.4) is 0 Å². The Morgan fingerprint density at radius 2 is 2.03 bits per heavy atom. The Hall–Kier alpha value is -2.97. The number of guanidine groups is 1. The molecule has 2 aliphatic heterocycles. The number of aliphatic imine (C=N–C) groups is 1. The SMILES string of the molecule is CN(C)C(=O)COc1cccc(CNC2=NCC3CN(C(=O)OC(C)(C)C)CCN23)c1. The van der Waals surface area contributed by atoms with E-state index in [4.69, 9.17) is 9.47 Å². The molecule has 1 aromatic carbocycles. The maximum absolute atomic E-state index is 12.4. The highest BCUT2D eigenvalue weighted by Crippen LogP contribution is 2.19. The molecule has 0 radical (unpaired) electrons. The molecule has 9 nitrogen and oxygen atoms in total. The average Bonchev–Trinajstić information content (AvgIpc) is 3.11. The molecule has 3 rings (SSSR count). The Kier molecular flexibility index (Phi) is 6.92. The molecule has 0 saturated carbocycles. The highest BCUT2D eigenvalue weighted by atomic mass is 16.6. The standard InChI is InChI=1S/C22H33N5O4/c1-22(2,3)31-21(29)26-9-10-27-17(14-26)13-24-20(27)23-12-16-7-6-8-18(11-16)30-15-19(28)25(4)5/h6-8,11,17H,9-10,12-15H2,1-5H3,(H,23,24). The number of carbonyl (C=O) groups is 2. The molecular formula is C22H33N5O4. The van der Waals surface area contributed by atoms with Crippen molar-refractivity contribution in [3.05, 3.63) is 29.8 Å². The lowest BCUT2D eigenvalue weighted by Crippen LogP contribution is -2.57. The molecule has 1 aromatic rings. The molecule has 170 valence electrons. The number of ether oxygens (including phenoxy) is 2. The molecule has 0 spiro atoms. The van der Waals surface area contributed by atoms with Crippen molar-refractivity contribution in [2.75, 3.05) is 46.9 Å². The highest BCUT2D eigenvalue weighted by molar-refractivity contribution is 5.82. The molecule has 2 aliphatic rings. The minimum absolute atomic E-state index is 0.0141. The van der Waals surface area contributed by atoms with E-state index in [0.717, 1.165) is 11.5 Å². The van der Waals surface area contributed by atoms with Crippen molar-refractivity contribution in [3.63, 3.8) is 0 Å². The van der Waals surface area contributed by atoms with Crippen LogP contribution in [0.2, 0.25) is 0 Å². The molecule has 9 heteroatoms. The summed E-state index contributed by atoms with van der Waals surface area (Å²) in [6.45, 7) is 8.81. The lowest BCUT2D eigenvalue weighted by molar-refractivity contribution is -0.130. The van der Waals surface area contributed by atoms with Crippen molar-refractivity contribution in [2.24, 2.45) is 4.99 Å². The molecule has 1 N–H and O–H groups in total. The van der Waals surface area contributed by atoms with Gasteiger partial charge >= 0.3 is 6.09 Å². The van der Waals surface area contributed by atoms with Crippen LogP contribution in [0.1, 0.15) is 26.3 Å². The van der Waals surface area contributed by atoms with Crippen LogP contribution in [0, 0.1) is 0 Å². The minimum atomic E-state index is -0.495. The predicted molar refractivity (Wildman–Crippen MR) is 118 cm³/mol. The van der Waals surface area contributed by atoms with Gasteiger partial charge in [-0.15, -0.1) is 0 Å². The molecule has 1 fully saturated rings. The van der Waals surface area contributed by atoms with Crippen LogP contribution in [0.15, 0.2) is 29.3 Å². The van der Waals surface area contributed by atoms with Gasteiger partial charge in [0.05, 0.1) is 12.6 Å². The topological polar surface area (TPSA) is 86.7 Å². The zero-order valence-corrected chi connectivity index (χ0v) is 19.1. The second-order valence-electron chi connectivity index (χ2n) is 9.02. The van der Waals surface area contributed by atoms with E-state index < -0.39 is 5.60 Å². The van der Waals surface area contributed by atoms with Crippen molar-refractivity contribution in [3.8, 4) is 5.75 Å². The molecule has 1 atom stereocenters. The lowest BCUT2D eigenvalue weighted by Gasteiger charge is -2.39. The second kappa shape index (κ2) is 9.45. The van der Waals surface area contributed by atoms with Crippen molar-refractivity contribution < 1.29 is 19.1 Å². The number of piperazine rings is 1. The van der Waals surface area contributed by atoms with Crippen LogP contribution in [-0.2, 0) is 16.1 Å². The summed E-state index contributed by atoms with van der Waals surface area (Å²) in [5, 5.41) is 3.40. The van der Waals surface area contributed by atoms with Gasteiger partial charge in [-0.25, -0.2) is 4.79 Å². The minimum Gasteiger partial charge on any atom is -0.484 e. The molecule has 31 heavy (non-hydrogen) atoms. The number of fused-ring (bicyclic) bond motifs is 1. The van der Waals surface area contributed by atoms with Gasteiger partial charge in [0.25, 0.3) is 5.91 Å². The van der Waals surface area contributed by atoms with E-state index in [-0.39, 0.29) is 24.6 Å². The first-order valence-corrected chi connectivity index (χ1v) is 10.6. The van der Waals surface area contributed by atoms with Crippen molar-refractivity contribution >= 4 is 18.0 Å². The third kappa shape index (κ3) is 6.26. The fourth-order valence-corrected chi connectivity index (χ4v) is 3.42. The van der Waals surface area contributed by atoms with Crippen LogP contribution in [0.5, 0.6) is 5.75 Å². The van der Waals surface area contributed by atoms with Gasteiger partial charge in [0, 0.05) is 40.3 Å². The number of rotatable bonds is 5. The van der Waals surface area contributed by atoms with Gasteiger partial charge in [-0.2, -0.15) is 0 Å². The maximum Gasteiger partial charge on any atom is 0.410 e. The van der Waals surface area contributed by atoms with Gasteiger partial charge in [0.2, 0.25) is 0 Å². The van der Waals surface area contributed by atoms with E-state index in [2.05, 4.69) is 15.2 Å². The second-order valence-corrected chi connectivity index (χ2v) is 9.02. The predicted octanol–water partition coefficient (Wildman–Crippen LogP) is 1.53. The van der Waals surface area contributed by atoms with E-state index in [1.807, 2.05) is 45.0 Å². The summed E-state index contributed by atoms with van der Waals surface area (Å²) in [4.78, 5) is 34.2. The largest absolute Gasteiger partial charge is 0.484 e. The number of benzene rings is 1. The number of hydrogen-bond donors (Lipinski definition) is 1. The summed E-state index contributed by atoms with van der Waals surface area (Å²) >= 11 is 0. The number of carbonyl (C=O) groups excluding carboxylic acids is 2. The Morgan fingerprint density at radius 1 is 1.26 bits per heavy atom. The van der Waals surface area contributed by atoms with Crippen molar-refractivity contribution in [2.45, 2.75) is 39.0 Å². The van der Waals surface area contributed by atoms with Crippen molar-refractivity contribution in [1.82, 2.24) is 20.0 Å². The average molecular weight is 432 g/mol. The van der Waals surface area contributed by atoms with Crippen LogP contribution >= 0.6 is 0 Å². The van der Waals surface area contributed by atoms with Crippen LogP contribution in [-0.4, -0.2) is 91.2 Å². The van der Waals surface area contributed by atoms with Gasteiger partial charge < -0.3 is 29.5 Å². The third-order valence-electron chi connectivity index (χ3n) is 5.07. The Labute approximate surface area is 184 Å². The molecular weight excluding hydrogens is 398 g/mol. The molecule has 0 aliphatic carbocycles. The summed E-state index contributed by atoms with van der Waals surface area (Å²) in [6, 6.07) is 7.83. The first-order valence-electron chi connectivity index (χ1n) is 10.6. The number of nitrogens with one attached hydrogen (secondary N) is 1. The fourth-order valence-electron chi connectivity index (χ4n) is 3.42. The van der Waals surface area contributed by atoms with Crippen LogP contribution in [0.4, 0.5) is 4.79 Å². The van der Waals surface area contributed by atoms with E-state index in [1.165, 1.54) is 4.90 Å². The first-order chi connectivity index (χ1) is 14.6. The summed E-state index contributed by atoms with van der Waals surface area (Å²) in [7, 11) is 3.41. The number of amides is 2. The molecule has 2 amide bonds. The summed E-state index contributed by atoms with van der Waals surface area (Å²) < 4.78 is 11.1. The van der Waals surface area contributed by atoms with E-state index in [9.17, 15) is 9.59 Å².